The summed E-state index contributed by atoms with van der Waals surface area (Å²) in [7, 11) is 0. The standard InChI is InChI=1S/C18H23N3O3/c22-18(14-11-17(24-20-14)13-6-7-13)19-12-15(16-5-4-10-23-16)21-8-2-1-3-9-21/h4-5,10-11,13,15H,1-3,6-9,12H2,(H,19,22). The molecule has 1 aliphatic carbocycles. The number of furan rings is 1. The van der Waals surface area contributed by atoms with Crippen molar-refractivity contribution in [2.24, 2.45) is 0 Å². The van der Waals surface area contributed by atoms with Crippen LogP contribution >= 0.6 is 0 Å². The number of carbonyl (C=O) groups excluding carboxylic acids is 1. The molecule has 3 heterocycles. The van der Waals surface area contributed by atoms with Gasteiger partial charge in [0.1, 0.15) is 11.5 Å². The van der Waals surface area contributed by atoms with E-state index in [-0.39, 0.29) is 11.9 Å². The zero-order valence-electron chi connectivity index (χ0n) is 13.7. The summed E-state index contributed by atoms with van der Waals surface area (Å²) in [6.45, 7) is 2.59. The average Bonchev–Trinajstić information content (AvgIpc) is 3.12. The summed E-state index contributed by atoms with van der Waals surface area (Å²) in [5.74, 6) is 2.01. The van der Waals surface area contributed by atoms with Crippen LogP contribution in [0.2, 0.25) is 0 Å². The van der Waals surface area contributed by atoms with Gasteiger partial charge in [0.2, 0.25) is 0 Å². The Labute approximate surface area is 141 Å². The van der Waals surface area contributed by atoms with Gasteiger partial charge in [-0.15, -0.1) is 0 Å². The molecule has 1 amide bonds. The lowest BCUT2D eigenvalue weighted by Crippen LogP contribution is -2.40. The second kappa shape index (κ2) is 6.81. The van der Waals surface area contributed by atoms with Gasteiger partial charge in [-0.3, -0.25) is 9.69 Å². The molecule has 6 heteroatoms. The molecule has 1 unspecified atom stereocenters. The molecule has 1 atom stereocenters. The van der Waals surface area contributed by atoms with Crippen molar-refractivity contribution in [1.82, 2.24) is 15.4 Å². The van der Waals surface area contributed by atoms with Gasteiger partial charge in [-0.25, -0.2) is 0 Å². The molecule has 1 saturated heterocycles. The average molecular weight is 329 g/mol. The smallest absolute Gasteiger partial charge is 0.273 e. The summed E-state index contributed by atoms with van der Waals surface area (Å²) >= 11 is 0. The molecule has 128 valence electrons. The molecule has 2 aromatic rings. The van der Waals surface area contributed by atoms with Crippen molar-refractivity contribution in [3.05, 3.63) is 41.7 Å². The molecular formula is C18H23N3O3. The third-order valence-corrected chi connectivity index (χ3v) is 4.90. The maximum Gasteiger partial charge on any atom is 0.273 e. The fourth-order valence-electron chi connectivity index (χ4n) is 3.36. The molecule has 2 fully saturated rings. The fourth-order valence-corrected chi connectivity index (χ4v) is 3.36. The van der Waals surface area contributed by atoms with Crippen LogP contribution in [0.3, 0.4) is 0 Å². The Kier molecular flexibility index (Phi) is 4.38. The number of nitrogens with one attached hydrogen (secondary N) is 1. The Morgan fingerprint density at radius 1 is 1.33 bits per heavy atom. The van der Waals surface area contributed by atoms with E-state index >= 15 is 0 Å². The molecule has 24 heavy (non-hydrogen) atoms. The number of aromatic nitrogens is 1. The first-order chi connectivity index (χ1) is 11.8. The lowest BCUT2D eigenvalue weighted by molar-refractivity contribution is 0.0905. The van der Waals surface area contributed by atoms with Gasteiger partial charge < -0.3 is 14.3 Å². The SMILES string of the molecule is O=C(NCC(c1ccco1)N1CCCCC1)c1cc(C2CC2)on1. The molecule has 1 N–H and O–H groups in total. The minimum atomic E-state index is -0.181. The largest absolute Gasteiger partial charge is 0.468 e. The molecule has 4 rings (SSSR count). The first kappa shape index (κ1) is 15.4. The van der Waals surface area contributed by atoms with E-state index in [1.807, 2.05) is 12.1 Å². The first-order valence-corrected chi connectivity index (χ1v) is 8.83. The van der Waals surface area contributed by atoms with E-state index in [1.54, 1.807) is 12.3 Å². The highest BCUT2D eigenvalue weighted by molar-refractivity contribution is 5.92. The Morgan fingerprint density at radius 3 is 2.88 bits per heavy atom. The lowest BCUT2D eigenvalue weighted by Gasteiger charge is -2.33. The number of piperidine rings is 1. The van der Waals surface area contributed by atoms with Crippen LogP contribution in [0.25, 0.3) is 0 Å². The van der Waals surface area contributed by atoms with Gasteiger partial charge in [0.15, 0.2) is 5.69 Å². The number of rotatable bonds is 6. The van der Waals surface area contributed by atoms with Crippen molar-refractivity contribution in [2.45, 2.75) is 44.1 Å². The van der Waals surface area contributed by atoms with Gasteiger partial charge >= 0.3 is 0 Å². The summed E-state index contributed by atoms with van der Waals surface area (Å²) < 4.78 is 10.9. The number of likely N-dealkylation sites (tertiary alicyclic amines) is 1. The van der Waals surface area contributed by atoms with Crippen LogP contribution in [0.4, 0.5) is 0 Å². The van der Waals surface area contributed by atoms with Crippen LogP contribution in [0, 0.1) is 0 Å². The number of hydrogen-bond acceptors (Lipinski definition) is 5. The second-order valence-corrected chi connectivity index (χ2v) is 6.73. The first-order valence-electron chi connectivity index (χ1n) is 8.83. The van der Waals surface area contributed by atoms with Gasteiger partial charge in [-0.2, -0.15) is 0 Å². The quantitative estimate of drug-likeness (QED) is 0.882. The minimum absolute atomic E-state index is 0.0686. The summed E-state index contributed by atoms with van der Waals surface area (Å²) in [5, 5.41) is 6.90. The second-order valence-electron chi connectivity index (χ2n) is 6.73. The van der Waals surface area contributed by atoms with Crippen molar-refractivity contribution < 1.29 is 13.7 Å². The van der Waals surface area contributed by atoms with Crippen molar-refractivity contribution in [2.75, 3.05) is 19.6 Å². The third kappa shape index (κ3) is 3.38. The molecule has 0 bridgehead atoms. The van der Waals surface area contributed by atoms with Gasteiger partial charge in [-0.05, 0) is 50.9 Å². The minimum Gasteiger partial charge on any atom is -0.468 e. The van der Waals surface area contributed by atoms with Crippen molar-refractivity contribution in [1.29, 1.82) is 0 Å². The zero-order chi connectivity index (χ0) is 16.4. The molecule has 0 radical (unpaired) electrons. The van der Waals surface area contributed by atoms with Gasteiger partial charge in [0.05, 0.1) is 12.3 Å². The van der Waals surface area contributed by atoms with Crippen molar-refractivity contribution >= 4 is 5.91 Å². The summed E-state index contributed by atoms with van der Waals surface area (Å²) in [5.41, 5.74) is 0.369. The van der Waals surface area contributed by atoms with Crippen LogP contribution in [-0.2, 0) is 0 Å². The fraction of sp³-hybridized carbons (Fsp3) is 0.556. The van der Waals surface area contributed by atoms with Crippen LogP contribution in [-0.4, -0.2) is 35.6 Å². The highest BCUT2D eigenvalue weighted by Gasteiger charge is 2.29. The summed E-state index contributed by atoms with van der Waals surface area (Å²) in [6, 6.07) is 5.72. The van der Waals surface area contributed by atoms with Crippen LogP contribution in [0.5, 0.6) is 0 Å². The van der Waals surface area contributed by atoms with Crippen molar-refractivity contribution in [3.63, 3.8) is 0 Å². The van der Waals surface area contributed by atoms with Crippen LogP contribution < -0.4 is 5.32 Å². The molecule has 0 spiro atoms. The van der Waals surface area contributed by atoms with Gasteiger partial charge in [0.25, 0.3) is 5.91 Å². The van der Waals surface area contributed by atoms with Crippen molar-refractivity contribution in [3.8, 4) is 0 Å². The van der Waals surface area contributed by atoms with E-state index < -0.39 is 0 Å². The van der Waals surface area contributed by atoms with E-state index in [1.165, 1.54) is 19.3 Å². The predicted octanol–water partition coefficient (Wildman–Crippen LogP) is 3.10. The zero-order valence-corrected chi connectivity index (χ0v) is 13.7. The van der Waals surface area contributed by atoms with E-state index in [4.69, 9.17) is 8.94 Å². The van der Waals surface area contributed by atoms with E-state index in [2.05, 4.69) is 15.4 Å². The molecule has 1 aliphatic heterocycles. The van der Waals surface area contributed by atoms with Gasteiger partial charge in [-0.1, -0.05) is 11.6 Å². The van der Waals surface area contributed by atoms with Crippen LogP contribution in [0.1, 0.15) is 66.1 Å². The number of carbonyl (C=O) groups is 1. The van der Waals surface area contributed by atoms with Gasteiger partial charge in [0, 0.05) is 18.5 Å². The molecule has 2 aliphatic rings. The molecule has 2 aromatic heterocycles. The Morgan fingerprint density at radius 2 is 2.17 bits per heavy atom. The third-order valence-electron chi connectivity index (χ3n) is 4.90. The molecule has 1 saturated carbocycles. The molecular weight excluding hydrogens is 306 g/mol. The topological polar surface area (TPSA) is 71.5 Å². The van der Waals surface area contributed by atoms with E-state index in [9.17, 15) is 4.79 Å². The molecule has 0 aromatic carbocycles. The van der Waals surface area contributed by atoms with Crippen LogP contribution in [0.15, 0.2) is 33.4 Å². The maximum atomic E-state index is 12.4. The maximum absolute atomic E-state index is 12.4. The Balaban J connectivity index is 1.41. The van der Waals surface area contributed by atoms with E-state index in [0.29, 0.717) is 18.2 Å². The highest BCUT2D eigenvalue weighted by Crippen LogP contribution is 2.40. The summed E-state index contributed by atoms with van der Waals surface area (Å²) in [4.78, 5) is 14.8. The highest BCUT2D eigenvalue weighted by atomic mass is 16.5. The monoisotopic (exact) mass is 329 g/mol. The number of hydrogen-bond donors (Lipinski definition) is 1. The summed E-state index contributed by atoms with van der Waals surface area (Å²) in [6.07, 6.45) is 7.61. The lowest BCUT2D eigenvalue weighted by atomic mass is 10.1. The molecule has 6 nitrogen and oxygen atoms in total. The van der Waals surface area contributed by atoms with E-state index in [0.717, 1.165) is 37.5 Å². The number of amides is 1. The Hall–Kier alpha value is -2.08. The number of nitrogens with zero attached hydrogens (tertiary/aromatic N) is 2. The predicted molar refractivity (Wildman–Crippen MR) is 87.7 cm³/mol. The Bertz CT molecular complexity index is 670. The normalized spacial score (nSPS) is 20.0.